The van der Waals surface area contributed by atoms with Gasteiger partial charge in [-0.3, -0.25) is 4.79 Å². The molecule has 0 saturated carbocycles. The van der Waals surface area contributed by atoms with Gasteiger partial charge in [0.2, 0.25) is 0 Å². The Bertz CT molecular complexity index is 761. The van der Waals surface area contributed by atoms with Gasteiger partial charge in [-0.2, -0.15) is 0 Å². The third-order valence-corrected chi connectivity index (χ3v) is 4.69. The van der Waals surface area contributed by atoms with E-state index in [1.54, 1.807) is 19.2 Å². The number of rotatable bonds is 5. The van der Waals surface area contributed by atoms with Crippen LogP contribution in [0.25, 0.3) is 0 Å². The Morgan fingerprint density at radius 1 is 1.20 bits per heavy atom. The SMILES string of the molecule is COCc1ccc(C(=O)NC(C)c2cc3c(cc2Br)OCCO3)cc1. The van der Waals surface area contributed by atoms with Gasteiger partial charge in [0.25, 0.3) is 5.91 Å². The lowest BCUT2D eigenvalue weighted by Gasteiger charge is -2.22. The molecule has 1 amide bonds. The number of carbonyl (C=O) groups is 1. The van der Waals surface area contributed by atoms with E-state index in [0.29, 0.717) is 36.9 Å². The lowest BCUT2D eigenvalue weighted by atomic mass is 10.1. The van der Waals surface area contributed by atoms with Crippen LogP contribution in [0.15, 0.2) is 40.9 Å². The van der Waals surface area contributed by atoms with E-state index >= 15 is 0 Å². The van der Waals surface area contributed by atoms with Gasteiger partial charge < -0.3 is 19.5 Å². The zero-order valence-corrected chi connectivity index (χ0v) is 15.8. The van der Waals surface area contributed by atoms with Crippen LogP contribution in [0.3, 0.4) is 0 Å². The van der Waals surface area contributed by atoms with Crippen LogP contribution in [0.1, 0.15) is 34.5 Å². The molecule has 0 aromatic heterocycles. The summed E-state index contributed by atoms with van der Waals surface area (Å²) in [7, 11) is 1.65. The Kier molecular flexibility index (Phi) is 5.60. The summed E-state index contributed by atoms with van der Waals surface area (Å²) in [6, 6.07) is 11.0. The molecule has 3 rings (SSSR count). The number of ether oxygens (including phenoxy) is 3. The minimum atomic E-state index is -0.184. The number of benzene rings is 2. The van der Waals surface area contributed by atoms with Crippen molar-refractivity contribution in [1.29, 1.82) is 0 Å². The summed E-state index contributed by atoms with van der Waals surface area (Å²) < 4.78 is 17.1. The first-order chi connectivity index (χ1) is 12.1. The average molecular weight is 406 g/mol. The normalized spacial score (nSPS) is 14.0. The smallest absolute Gasteiger partial charge is 0.251 e. The molecule has 1 aliphatic rings. The molecule has 0 aliphatic carbocycles. The van der Waals surface area contributed by atoms with E-state index < -0.39 is 0 Å². The van der Waals surface area contributed by atoms with Crippen LogP contribution in [-0.4, -0.2) is 26.2 Å². The average Bonchev–Trinajstić information content (AvgIpc) is 2.62. The highest BCUT2D eigenvalue weighted by Gasteiger charge is 2.19. The second kappa shape index (κ2) is 7.89. The van der Waals surface area contributed by atoms with Crippen LogP contribution in [0.2, 0.25) is 0 Å². The van der Waals surface area contributed by atoms with E-state index in [0.717, 1.165) is 15.6 Å². The summed E-state index contributed by atoms with van der Waals surface area (Å²) in [6.07, 6.45) is 0. The molecule has 25 heavy (non-hydrogen) atoms. The second-order valence-electron chi connectivity index (χ2n) is 5.84. The highest BCUT2D eigenvalue weighted by molar-refractivity contribution is 9.10. The molecule has 1 unspecified atom stereocenters. The number of halogens is 1. The van der Waals surface area contributed by atoms with Gasteiger partial charge in [0, 0.05) is 17.1 Å². The van der Waals surface area contributed by atoms with Gasteiger partial charge in [0.05, 0.1) is 12.6 Å². The monoisotopic (exact) mass is 405 g/mol. The summed E-state index contributed by atoms with van der Waals surface area (Å²) >= 11 is 3.55. The molecular weight excluding hydrogens is 386 g/mol. The summed E-state index contributed by atoms with van der Waals surface area (Å²) in [4.78, 5) is 12.5. The van der Waals surface area contributed by atoms with Crippen LogP contribution in [0.5, 0.6) is 11.5 Å². The van der Waals surface area contributed by atoms with Crippen LogP contribution in [0, 0.1) is 0 Å². The fourth-order valence-electron chi connectivity index (χ4n) is 2.69. The molecule has 1 N–H and O–H groups in total. The molecule has 2 aromatic carbocycles. The maximum absolute atomic E-state index is 12.5. The Hall–Kier alpha value is -2.05. The molecular formula is C19H20BrNO4. The molecule has 6 heteroatoms. The van der Waals surface area contributed by atoms with Crippen LogP contribution >= 0.6 is 15.9 Å². The van der Waals surface area contributed by atoms with E-state index in [9.17, 15) is 4.79 Å². The van der Waals surface area contributed by atoms with Crippen LogP contribution < -0.4 is 14.8 Å². The van der Waals surface area contributed by atoms with Gasteiger partial charge in [-0.1, -0.05) is 28.1 Å². The minimum absolute atomic E-state index is 0.127. The first-order valence-electron chi connectivity index (χ1n) is 8.06. The first kappa shape index (κ1) is 17.8. The second-order valence-corrected chi connectivity index (χ2v) is 6.70. The Balaban J connectivity index is 1.73. The predicted molar refractivity (Wildman–Crippen MR) is 98.2 cm³/mol. The number of hydrogen-bond donors (Lipinski definition) is 1. The molecule has 0 bridgehead atoms. The van der Waals surface area contributed by atoms with E-state index in [1.165, 1.54) is 0 Å². The predicted octanol–water partition coefficient (Wildman–Crippen LogP) is 3.86. The summed E-state index contributed by atoms with van der Waals surface area (Å²) in [5.74, 6) is 1.29. The van der Waals surface area contributed by atoms with Crippen molar-refractivity contribution in [3.8, 4) is 11.5 Å². The molecule has 1 aliphatic heterocycles. The maximum Gasteiger partial charge on any atom is 0.251 e. The zero-order valence-electron chi connectivity index (χ0n) is 14.2. The third-order valence-electron chi connectivity index (χ3n) is 4.00. The Labute approximate surface area is 155 Å². The lowest BCUT2D eigenvalue weighted by Crippen LogP contribution is -2.27. The van der Waals surface area contributed by atoms with Gasteiger partial charge in [-0.05, 0) is 42.3 Å². The van der Waals surface area contributed by atoms with Crippen LogP contribution in [0.4, 0.5) is 0 Å². The molecule has 2 aromatic rings. The van der Waals surface area contributed by atoms with Crippen molar-refractivity contribution in [3.63, 3.8) is 0 Å². The van der Waals surface area contributed by atoms with Crippen molar-refractivity contribution in [1.82, 2.24) is 5.32 Å². The van der Waals surface area contributed by atoms with E-state index in [1.807, 2.05) is 31.2 Å². The minimum Gasteiger partial charge on any atom is -0.486 e. The number of carbonyl (C=O) groups excluding carboxylic acids is 1. The summed E-state index contributed by atoms with van der Waals surface area (Å²) in [5, 5.41) is 3.02. The van der Waals surface area contributed by atoms with Crippen molar-refractivity contribution in [2.45, 2.75) is 19.6 Å². The van der Waals surface area contributed by atoms with Crippen LogP contribution in [-0.2, 0) is 11.3 Å². The number of amides is 1. The number of methoxy groups -OCH3 is 1. The van der Waals surface area contributed by atoms with Gasteiger partial charge in [-0.15, -0.1) is 0 Å². The lowest BCUT2D eigenvalue weighted by molar-refractivity contribution is 0.0939. The molecule has 1 heterocycles. The van der Waals surface area contributed by atoms with E-state index in [-0.39, 0.29) is 11.9 Å². The van der Waals surface area contributed by atoms with Crippen molar-refractivity contribution >= 4 is 21.8 Å². The summed E-state index contributed by atoms with van der Waals surface area (Å²) in [6.45, 7) is 3.54. The highest BCUT2D eigenvalue weighted by Crippen LogP contribution is 2.37. The zero-order chi connectivity index (χ0) is 17.8. The molecule has 0 radical (unpaired) electrons. The largest absolute Gasteiger partial charge is 0.486 e. The van der Waals surface area contributed by atoms with E-state index in [4.69, 9.17) is 14.2 Å². The quantitative estimate of drug-likeness (QED) is 0.820. The Morgan fingerprint density at radius 3 is 2.48 bits per heavy atom. The number of hydrogen-bond acceptors (Lipinski definition) is 4. The van der Waals surface area contributed by atoms with Crippen molar-refractivity contribution in [2.75, 3.05) is 20.3 Å². The van der Waals surface area contributed by atoms with Crippen molar-refractivity contribution in [2.24, 2.45) is 0 Å². The Morgan fingerprint density at radius 2 is 1.84 bits per heavy atom. The third kappa shape index (κ3) is 4.14. The first-order valence-corrected chi connectivity index (χ1v) is 8.85. The van der Waals surface area contributed by atoms with Gasteiger partial charge >= 0.3 is 0 Å². The van der Waals surface area contributed by atoms with Crippen molar-refractivity contribution < 1.29 is 19.0 Å². The van der Waals surface area contributed by atoms with Crippen molar-refractivity contribution in [3.05, 3.63) is 57.6 Å². The van der Waals surface area contributed by atoms with Gasteiger partial charge in [0.15, 0.2) is 11.5 Å². The topological polar surface area (TPSA) is 56.8 Å². The molecule has 5 nitrogen and oxygen atoms in total. The molecule has 1 atom stereocenters. The fraction of sp³-hybridized carbons (Fsp3) is 0.316. The molecule has 0 saturated heterocycles. The highest BCUT2D eigenvalue weighted by atomic mass is 79.9. The molecule has 0 fully saturated rings. The number of fused-ring (bicyclic) bond motifs is 1. The molecule has 132 valence electrons. The van der Waals surface area contributed by atoms with Gasteiger partial charge in [0.1, 0.15) is 13.2 Å². The van der Waals surface area contributed by atoms with E-state index in [2.05, 4.69) is 21.2 Å². The fourth-order valence-corrected chi connectivity index (χ4v) is 3.35. The standard InChI is InChI=1S/C19H20BrNO4/c1-12(15-9-17-18(10-16(15)20)25-8-7-24-17)21-19(22)14-5-3-13(4-6-14)11-23-2/h3-6,9-10,12H,7-8,11H2,1-2H3,(H,21,22). The molecule has 0 spiro atoms. The van der Waals surface area contributed by atoms with Gasteiger partial charge in [-0.25, -0.2) is 0 Å². The summed E-state index contributed by atoms with van der Waals surface area (Å²) in [5.41, 5.74) is 2.58. The number of nitrogens with one attached hydrogen (secondary N) is 1. The maximum atomic E-state index is 12.5.